The molecule has 82 valence electrons. The Morgan fingerprint density at radius 3 is 1.86 bits per heavy atom. The summed E-state index contributed by atoms with van der Waals surface area (Å²) in [5, 5.41) is 0. The van der Waals surface area contributed by atoms with Gasteiger partial charge in [0.1, 0.15) is 0 Å². The molecule has 1 aromatic rings. The van der Waals surface area contributed by atoms with Crippen LogP contribution in [0, 0.1) is 13.8 Å². The summed E-state index contributed by atoms with van der Waals surface area (Å²) in [4.78, 5) is -1.39. The van der Waals surface area contributed by atoms with E-state index in [0.717, 1.165) is 6.07 Å². The van der Waals surface area contributed by atoms with Crippen LogP contribution in [0.2, 0.25) is 0 Å². The van der Waals surface area contributed by atoms with Crippen LogP contribution >= 0.6 is 19.7 Å². The molecule has 0 spiro atoms. The zero-order valence-electron chi connectivity index (χ0n) is 7.53. The molecular formula is C8H9ClF4S. The van der Waals surface area contributed by atoms with E-state index in [1.807, 2.05) is 0 Å². The number of halogens is 5. The first kappa shape index (κ1) is 11.7. The van der Waals surface area contributed by atoms with Gasteiger partial charge >= 0.3 is 0 Å². The SMILES string of the molecule is Cc1ccc(S(F)(F)(F)(F)Cl)cc1C. The Bertz CT molecular complexity index is 381. The summed E-state index contributed by atoms with van der Waals surface area (Å²) in [5.41, 5.74) is 1.02. The van der Waals surface area contributed by atoms with Gasteiger partial charge in [-0.3, -0.25) is 0 Å². The Kier molecular flexibility index (Phi) is 1.99. The zero-order chi connectivity index (χ0) is 11.3. The van der Waals surface area contributed by atoms with Gasteiger partial charge in [0, 0.05) is 10.7 Å². The van der Waals surface area contributed by atoms with Crippen LogP contribution in [0.25, 0.3) is 0 Å². The molecule has 0 amide bonds. The van der Waals surface area contributed by atoms with Crippen LogP contribution in [0.3, 0.4) is 0 Å². The number of benzene rings is 1. The van der Waals surface area contributed by atoms with Crippen molar-refractivity contribution in [2.75, 3.05) is 0 Å². The molecule has 0 N–H and O–H groups in total. The highest BCUT2D eigenvalue weighted by molar-refractivity contribution is 8.65. The minimum Gasteiger partial charge on any atom is -0.107 e. The molecule has 1 aromatic carbocycles. The molecule has 0 aromatic heterocycles. The second-order valence-electron chi connectivity index (χ2n) is 3.22. The van der Waals surface area contributed by atoms with Crippen molar-refractivity contribution in [3.05, 3.63) is 29.3 Å². The molecule has 1 rings (SSSR count). The fourth-order valence-corrected chi connectivity index (χ4v) is 1.97. The fraction of sp³-hybridized carbons (Fsp3) is 0.250. The van der Waals surface area contributed by atoms with Gasteiger partial charge in [0.25, 0.3) is 9.05 Å². The molecular weight excluding hydrogens is 240 g/mol. The maximum absolute atomic E-state index is 12.7. The van der Waals surface area contributed by atoms with Crippen molar-refractivity contribution in [1.82, 2.24) is 0 Å². The van der Waals surface area contributed by atoms with Gasteiger partial charge in [-0.15, -0.1) is 15.5 Å². The van der Waals surface area contributed by atoms with Crippen molar-refractivity contribution < 1.29 is 15.5 Å². The molecule has 0 nitrogen and oxygen atoms in total. The average Bonchev–Trinajstić information content (AvgIpc) is 1.89. The zero-order valence-corrected chi connectivity index (χ0v) is 9.10. The molecule has 0 atom stereocenters. The molecule has 0 aliphatic heterocycles. The van der Waals surface area contributed by atoms with Crippen LogP contribution < -0.4 is 0 Å². The highest BCUT2D eigenvalue weighted by atomic mass is 35.7. The topological polar surface area (TPSA) is 0 Å². The van der Waals surface area contributed by atoms with E-state index in [4.69, 9.17) is 0 Å². The Morgan fingerprint density at radius 2 is 1.50 bits per heavy atom. The molecule has 0 fully saturated rings. The highest BCUT2D eigenvalue weighted by Crippen LogP contribution is 3.04. The van der Waals surface area contributed by atoms with Crippen LogP contribution in [-0.2, 0) is 0 Å². The van der Waals surface area contributed by atoms with Crippen molar-refractivity contribution in [3.63, 3.8) is 0 Å². The second-order valence-corrected chi connectivity index (χ2v) is 7.49. The molecule has 0 aliphatic rings. The summed E-state index contributed by atoms with van der Waals surface area (Å²) in [6.07, 6.45) is 0. The van der Waals surface area contributed by atoms with Gasteiger partial charge in [-0.2, -0.15) is 0 Å². The van der Waals surface area contributed by atoms with Crippen molar-refractivity contribution in [2.24, 2.45) is 0 Å². The summed E-state index contributed by atoms with van der Waals surface area (Å²) < 4.78 is 50.8. The summed E-state index contributed by atoms with van der Waals surface area (Å²) in [5.74, 6) is 0. The molecule has 6 heteroatoms. The highest BCUT2D eigenvalue weighted by Gasteiger charge is 2.62. The molecule has 0 unspecified atom stereocenters. The van der Waals surface area contributed by atoms with Crippen molar-refractivity contribution >= 4 is 19.7 Å². The molecule has 0 saturated carbocycles. The largest absolute Gasteiger partial charge is 0.253 e. The summed E-state index contributed by atoms with van der Waals surface area (Å²) in [7, 11) is -4.37. The van der Waals surface area contributed by atoms with Crippen LogP contribution in [0.4, 0.5) is 15.5 Å². The van der Waals surface area contributed by atoms with Crippen LogP contribution in [0.1, 0.15) is 11.1 Å². The summed E-state index contributed by atoms with van der Waals surface area (Å²) in [6, 6.07) is 2.59. The van der Waals surface area contributed by atoms with Crippen LogP contribution in [-0.4, -0.2) is 0 Å². The lowest BCUT2D eigenvalue weighted by molar-refractivity contribution is 0.480. The predicted octanol–water partition coefficient (Wildman–Crippen LogP) is 5.23. The number of hydrogen-bond donors (Lipinski definition) is 0. The number of hydrogen-bond acceptors (Lipinski definition) is 0. The number of rotatable bonds is 1. The van der Waals surface area contributed by atoms with E-state index in [0.29, 0.717) is 17.2 Å². The smallest absolute Gasteiger partial charge is 0.107 e. The predicted molar refractivity (Wildman–Crippen MR) is 52.1 cm³/mol. The molecule has 0 saturated heterocycles. The molecule has 0 radical (unpaired) electrons. The first-order chi connectivity index (χ1) is 5.90. The van der Waals surface area contributed by atoms with Crippen molar-refractivity contribution in [1.29, 1.82) is 0 Å². The maximum Gasteiger partial charge on any atom is 0.253 e. The standard InChI is InChI=1S/C8H9ClF4S/c1-6-3-4-8(5-7(6)2)14(9,10,11,12)13/h3-5H,1-2H3. The Balaban J connectivity index is 3.45. The summed E-state index contributed by atoms with van der Waals surface area (Å²) >= 11 is 0. The van der Waals surface area contributed by atoms with Gasteiger partial charge in [0.15, 0.2) is 0 Å². The van der Waals surface area contributed by atoms with Gasteiger partial charge in [0.05, 0.1) is 4.90 Å². The average molecular weight is 249 g/mol. The molecule has 0 heterocycles. The molecule has 0 aliphatic carbocycles. The van der Waals surface area contributed by atoms with E-state index < -0.39 is 13.9 Å². The Morgan fingerprint density at radius 1 is 1.00 bits per heavy atom. The van der Waals surface area contributed by atoms with Crippen molar-refractivity contribution in [2.45, 2.75) is 18.7 Å². The normalized spacial score (nSPS) is 17.4. The van der Waals surface area contributed by atoms with Crippen molar-refractivity contribution in [3.8, 4) is 0 Å². The van der Waals surface area contributed by atoms with Gasteiger partial charge in [-0.05, 0) is 37.1 Å². The van der Waals surface area contributed by atoms with E-state index >= 15 is 0 Å². The van der Waals surface area contributed by atoms with Gasteiger partial charge in [-0.1, -0.05) is 6.07 Å². The number of aryl methyl sites for hydroxylation is 2. The van der Waals surface area contributed by atoms with Crippen LogP contribution in [0.5, 0.6) is 0 Å². The van der Waals surface area contributed by atoms with E-state index in [-0.39, 0.29) is 0 Å². The van der Waals surface area contributed by atoms with Gasteiger partial charge in [0.2, 0.25) is 0 Å². The quantitative estimate of drug-likeness (QED) is 0.597. The third-order valence-electron chi connectivity index (χ3n) is 1.92. The Hall–Kier alpha value is -0.420. The monoisotopic (exact) mass is 248 g/mol. The second kappa shape index (κ2) is 2.39. The minimum absolute atomic E-state index is 0.360. The first-order valence-electron chi connectivity index (χ1n) is 3.71. The van der Waals surface area contributed by atoms with E-state index in [1.54, 1.807) is 6.92 Å². The minimum atomic E-state index is -8.51. The van der Waals surface area contributed by atoms with E-state index in [1.165, 1.54) is 13.0 Å². The third-order valence-corrected chi connectivity index (χ3v) is 3.60. The van der Waals surface area contributed by atoms with Crippen LogP contribution in [0.15, 0.2) is 23.1 Å². The third kappa shape index (κ3) is 2.54. The summed E-state index contributed by atoms with van der Waals surface area (Å²) in [6.45, 7) is 3.11. The Labute approximate surface area is 83.8 Å². The lowest BCUT2D eigenvalue weighted by Gasteiger charge is -2.42. The fourth-order valence-electron chi connectivity index (χ4n) is 0.954. The maximum atomic E-state index is 12.7. The first-order valence-corrected chi connectivity index (χ1v) is 6.59. The lowest BCUT2D eigenvalue weighted by Crippen LogP contribution is -2.04. The van der Waals surface area contributed by atoms with E-state index in [9.17, 15) is 15.5 Å². The van der Waals surface area contributed by atoms with Gasteiger partial charge in [-0.25, -0.2) is 0 Å². The lowest BCUT2D eigenvalue weighted by atomic mass is 10.1. The van der Waals surface area contributed by atoms with E-state index in [2.05, 4.69) is 10.7 Å². The van der Waals surface area contributed by atoms with Gasteiger partial charge < -0.3 is 0 Å². The molecule has 14 heavy (non-hydrogen) atoms. The molecule has 0 bridgehead atoms.